The van der Waals surface area contributed by atoms with Crippen LogP contribution < -0.4 is 0 Å². The second kappa shape index (κ2) is 4.90. The summed E-state index contributed by atoms with van der Waals surface area (Å²) in [6.45, 7) is 0. The van der Waals surface area contributed by atoms with Crippen molar-refractivity contribution in [3.05, 3.63) is 54.1 Å². The van der Waals surface area contributed by atoms with Gasteiger partial charge in [0.15, 0.2) is 16.9 Å². The summed E-state index contributed by atoms with van der Waals surface area (Å²) in [7, 11) is 0. The van der Waals surface area contributed by atoms with Crippen molar-refractivity contribution in [2.45, 2.75) is 0 Å². The summed E-state index contributed by atoms with van der Waals surface area (Å²) < 4.78 is 7.06. The van der Waals surface area contributed by atoms with Gasteiger partial charge in [0.1, 0.15) is 12.0 Å². The monoisotopic (exact) mass is 336 g/mol. The average molecular weight is 337 g/mol. The van der Waals surface area contributed by atoms with E-state index in [-0.39, 0.29) is 0 Å². The van der Waals surface area contributed by atoms with Crippen molar-refractivity contribution in [1.82, 2.24) is 29.9 Å². The Labute approximate surface area is 139 Å². The Hall–Kier alpha value is -3.19. The van der Waals surface area contributed by atoms with E-state index in [1.165, 1.54) is 6.33 Å². The summed E-state index contributed by atoms with van der Waals surface area (Å²) >= 11 is 6.34. The predicted octanol–water partition coefficient (Wildman–Crippen LogP) is 3.61. The molecule has 5 aromatic rings. The zero-order chi connectivity index (χ0) is 16.1. The van der Waals surface area contributed by atoms with E-state index < -0.39 is 0 Å². The van der Waals surface area contributed by atoms with Gasteiger partial charge in [-0.3, -0.25) is 0 Å². The van der Waals surface area contributed by atoms with Crippen LogP contribution in [0.3, 0.4) is 0 Å². The fourth-order valence-electron chi connectivity index (χ4n) is 2.75. The maximum atomic E-state index is 6.34. The summed E-state index contributed by atoms with van der Waals surface area (Å²) in [5, 5.41) is 10.0. The Morgan fingerprint density at radius 2 is 2.12 bits per heavy atom. The molecule has 0 radical (unpaired) electrons. The third kappa shape index (κ3) is 1.85. The number of hydrogen-bond donors (Lipinski definition) is 1. The van der Waals surface area contributed by atoms with E-state index in [1.807, 2.05) is 30.5 Å². The maximum absolute atomic E-state index is 6.34. The quantitative estimate of drug-likeness (QED) is 0.532. The van der Waals surface area contributed by atoms with Crippen molar-refractivity contribution in [1.29, 1.82) is 0 Å². The van der Waals surface area contributed by atoms with Gasteiger partial charge < -0.3 is 9.40 Å². The Balaban J connectivity index is 1.76. The molecule has 0 atom stereocenters. The van der Waals surface area contributed by atoms with Gasteiger partial charge in [-0.2, -0.15) is 4.68 Å². The van der Waals surface area contributed by atoms with Crippen molar-refractivity contribution >= 4 is 33.7 Å². The summed E-state index contributed by atoms with van der Waals surface area (Å²) in [6, 6.07) is 9.37. The number of aromatic nitrogens is 6. The van der Waals surface area contributed by atoms with Crippen LogP contribution in [-0.4, -0.2) is 29.9 Å². The van der Waals surface area contributed by atoms with Crippen LogP contribution in [0.5, 0.6) is 0 Å². The number of fused-ring (bicyclic) bond motifs is 2. The molecule has 4 aromatic heterocycles. The molecule has 0 aliphatic heterocycles. The third-order valence-corrected chi connectivity index (χ3v) is 4.13. The molecule has 116 valence electrons. The van der Waals surface area contributed by atoms with E-state index in [4.69, 9.17) is 16.0 Å². The number of halogens is 1. The molecule has 0 aliphatic carbocycles. The molecule has 0 saturated carbocycles. The minimum Gasteiger partial charge on any atom is -0.463 e. The van der Waals surface area contributed by atoms with Crippen LogP contribution in [-0.2, 0) is 0 Å². The van der Waals surface area contributed by atoms with Crippen molar-refractivity contribution in [2.24, 2.45) is 0 Å². The Morgan fingerprint density at radius 3 is 3.00 bits per heavy atom. The molecule has 0 saturated heterocycles. The van der Waals surface area contributed by atoms with Gasteiger partial charge >= 0.3 is 0 Å². The second-order valence-corrected chi connectivity index (χ2v) is 5.65. The van der Waals surface area contributed by atoms with Crippen molar-refractivity contribution in [3.8, 4) is 17.1 Å². The molecular weight excluding hydrogens is 328 g/mol. The fourth-order valence-corrected chi connectivity index (χ4v) is 3.03. The highest BCUT2D eigenvalue weighted by atomic mass is 35.5. The van der Waals surface area contributed by atoms with Gasteiger partial charge in [0.05, 0.1) is 22.5 Å². The zero-order valence-corrected chi connectivity index (χ0v) is 12.9. The average Bonchev–Trinajstić information content (AvgIpc) is 3.33. The Kier molecular flexibility index (Phi) is 2.71. The lowest BCUT2D eigenvalue weighted by atomic mass is 10.2. The molecule has 0 fully saturated rings. The maximum Gasteiger partial charge on any atom is 0.187 e. The molecule has 1 aromatic carbocycles. The highest BCUT2D eigenvalue weighted by Crippen LogP contribution is 2.29. The smallest absolute Gasteiger partial charge is 0.187 e. The summed E-state index contributed by atoms with van der Waals surface area (Å²) in [5.74, 6) is 0.619. The van der Waals surface area contributed by atoms with Gasteiger partial charge in [0.2, 0.25) is 0 Å². The molecule has 0 unspecified atom stereocenters. The van der Waals surface area contributed by atoms with Crippen LogP contribution in [0.15, 0.2) is 53.5 Å². The van der Waals surface area contributed by atoms with Crippen molar-refractivity contribution in [3.63, 3.8) is 0 Å². The van der Waals surface area contributed by atoms with Crippen LogP contribution >= 0.6 is 11.6 Å². The number of furan rings is 1. The lowest BCUT2D eigenvalue weighted by Crippen LogP contribution is -1.98. The molecule has 5 rings (SSSR count). The Morgan fingerprint density at radius 1 is 1.17 bits per heavy atom. The van der Waals surface area contributed by atoms with E-state index in [2.05, 4.69) is 25.3 Å². The molecule has 8 heteroatoms. The highest BCUT2D eigenvalue weighted by Gasteiger charge is 2.16. The van der Waals surface area contributed by atoms with Crippen LogP contribution in [0.1, 0.15) is 0 Å². The summed E-state index contributed by atoms with van der Waals surface area (Å²) in [5.41, 5.74) is 3.42. The normalized spacial score (nSPS) is 11.5. The lowest BCUT2D eigenvalue weighted by Gasteiger charge is -2.04. The van der Waals surface area contributed by atoms with Crippen LogP contribution in [0, 0.1) is 0 Å². The third-order valence-electron chi connectivity index (χ3n) is 3.83. The zero-order valence-electron chi connectivity index (χ0n) is 12.1. The predicted molar refractivity (Wildman–Crippen MR) is 89.0 cm³/mol. The molecular formula is C16H9ClN6O. The van der Waals surface area contributed by atoms with Gasteiger partial charge in [-0.05, 0) is 30.3 Å². The van der Waals surface area contributed by atoms with Crippen LogP contribution in [0.25, 0.3) is 39.2 Å². The molecule has 0 spiro atoms. The van der Waals surface area contributed by atoms with E-state index >= 15 is 0 Å². The fraction of sp³-hybridized carbons (Fsp3) is 0. The first-order chi connectivity index (χ1) is 11.8. The highest BCUT2D eigenvalue weighted by molar-refractivity contribution is 6.35. The summed E-state index contributed by atoms with van der Waals surface area (Å²) in [4.78, 5) is 11.7. The molecule has 0 bridgehead atoms. The van der Waals surface area contributed by atoms with E-state index in [0.29, 0.717) is 27.6 Å². The van der Waals surface area contributed by atoms with E-state index in [1.54, 1.807) is 17.0 Å². The number of aromatic amines is 1. The number of H-pyrrole nitrogens is 1. The number of benzene rings is 1. The second-order valence-electron chi connectivity index (χ2n) is 5.24. The Bertz CT molecular complexity index is 1170. The van der Waals surface area contributed by atoms with E-state index in [9.17, 15) is 0 Å². The molecule has 1 N–H and O–H groups in total. The first kappa shape index (κ1) is 13.3. The first-order valence-electron chi connectivity index (χ1n) is 7.18. The minimum atomic E-state index is 0.567. The molecule has 0 amide bonds. The lowest BCUT2D eigenvalue weighted by molar-refractivity contribution is 0.580. The topological polar surface area (TPSA) is 85.4 Å². The molecule has 4 heterocycles. The SMILES string of the molecule is Clc1cc(-n2nnc3c(-c4ccco4)ncnc32)cc2cc[nH]c12. The van der Waals surface area contributed by atoms with Gasteiger partial charge in [-0.15, -0.1) is 5.10 Å². The van der Waals surface area contributed by atoms with Gasteiger partial charge in [-0.1, -0.05) is 16.8 Å². The van der Waals surface area contributed by atoms with Gasteiger partial charge in [0, 0.05) is 11.6 Å². The van der Waals surface area contributed by atoms with Gasteiger partial charge in [0.25, 0.3) is 0 Å². The van der Waals surface area contributed by atoms with Crippen LogP contribution in [0.4, 0.5) is 0 Å². The van der Waals surface area contributed by atoms with E-state index in [0.717, 1.165) is 16.6 Å². The largest absolute Gasteiger partial charge is 0.463 e. The first-order valence-corrected chi connectivity index (χ1v) is 7.56. The van der Waals surface area contributed by atoms with Crippen LogP contribution in [0.2, 0.25) is 5.02 Å². The van der Waals surface area contributed by atoms with Gasteiger partial charge in [-0.25, -0.2) is 9.97 Å². The molecule has 0 aliphatic rings. The summed E-state index contributed by atoms with van der Waals surface area (Å²) in [6.07, 6.45) is 4.90. The number of nitrogens with one attached hydrogen (secondary N) is 1. The molecule has 7 nitrogen and oxygen atoms in total. The minimum absolute atomic E-state index is 0.567. The number of nitrogens with zero attached hydrogens (tertiary/aromatic N) is 5. The standard InChI is InChI=1S/C16H9ClN6O/c17-11-7-10(6-9-3-4-18-13(9)11)23-16-15(21-22-23)14(19-8-20-16)12-2-1-5-24-12/h1-8,18H. The van der Waals surface area contributed by atoms with Crippen molar-refractivity contribution in [2.75, 3.05) is 0 Å². The number of rotatable bonds is 2. The molecule has 24 heavy (non-hydrogen) atoms. The van der Waals surface area contributed by atoms with Crippen molar-refractivity contribution < 1.29 is 4.42 Å². The number of hydrogen-bond acceptors (Lipinski definition) is 5.